The highest BCUT2D eigenvalue weighted by Gasteiger charge is 2.27. The first kappa shape index (κ1) is 15.2. The number of rotatable bonds is 4. The highest BCUT2D eigenvalue weighted by atomic mass is 16.5. The second-order valence-electron chi connectivity index (χ2n) is 4.32. The summed E-state index contributed by atoms with van der Waals surface area (Å²) in [5.74, 6) is -1.25. The second-order valence-corrected chi connectivity index (χ2v) is 4.32. The van der Waals surface area contributed by atoms with Gasteiger partial charge in [0.15, 0.2) is 0 Å². The number of nitrogens with one attached hydrogen (secondary N) is 2. The molecule has 1 heterocycles. The largest absolute Gasteiger partial charge is 0.481 e. The molecule has 0 aromatic heterocycles. The van der Waals surface area contributed by atoms with Gasteiger partial charge in [0.2, 0.25) is 5.91 Å². The smallest absolute Gasteiger partial charge is 0.318 e. The highest BCUT2D eigenvalue weighted by molar-refractivity contribution is 5.86. The molecule has 1 fully saturated rings. The average Bonchev–Trinajstić information content (AvgIpc) is 2.37. The molecule has 108 valence electrons. The zero-order valence-electron chi connectivity index (χ0n) is 11.0. The van der Waals surface area contributed by atoms with Crippen molar-refractivity contribution in [1.82, 2.24) is 15.5 Å². The maximum Gasteiger partial charge on any atom is 0.318 e. The molecule has 0 spiro atoms. The Morgan fingerprint density at radius 2 is 2.16 bits per heavy atom. The van der Waals surface area contributed by atoms with E-state index in [1.807, 2.05) is 0 Å². The fourth-order valence-corrected chi connectivity index (χ4v) is 1.78. The Hall–Kier alpha value is -1.83. The third-order valence-corrected chi connectivity index (χ3v) is 2.81. The van der Waals surface area contributed by atoms with E-state index in [0.717, 1.165) is 0 Å². The number of nitrogens with zero attached hydrogens (tertiary/aromatic N) is 1. The number of carboxylic acids is 1. The van der Waals surface area contributed by atoms with Gasteiger partial charge in [0.25, 0.3) is 0 Å². The minimum Gasteiger partial charge on any atom is -0.481 e. The van der Waals surface area contributed by atoms with Crippen molar-refractivity contribution in [3.05, 3.63) is 0 Å². The van der Waals surface area contributed by atoms with Gasteiger partial charge in [-0.3, -0.25) is 9.59 Å². The number of hydrogen-bond acceptors (Lipinski definition) is 4. The first-order chi connectivity index (χ1) is 8.93. The number of morpholine rings is 1. The Labute approximate surface area is 111 Å². The third-order valence-electron chi connectivity index (χ3n) is 2.81. The Kier molecular flexibility index (Phi) is 5.56. The van der Waals surface area contributed by atoms with Crippen LogP contribution < -0.4 is 10.6 Å². The number of carbonyl (C=O) groups excluding carboxylic acids is 2. The Morgan fingerprint density at radius 3 is 2.74 bits per heavy atom. The molecule has 2 unspecified atom stereocenters. The van der Waals surface area contributed by atoms with Gasteiger partial charge < -0.3 is 25.4 Å². The van der Waals surface area contributed by atoms with Crippen molar-refractivity contribution in [3.63, 3.8) is 0 Å². The van der Waals surface area contributed by atoms with Crippen molar-refractivity contribution in [2.24, 2.45) is 0 Å². The van der Waals surface area contributed by atoms with Gasteiger partial charge in [0.1, 0.15) is 6.04 Å². The first-order valence-corrected chi connectivity index (χ1v) is 6.04. The van der Waals surface area contributed by atoms with Crippen molar-refractivity contribution in [2.45, 2.75) is 25.5 Å². The lowest BCUT2D eigenvalue weighted by atomic mass is 10.2. The van der Waals surface area contributed by atoms with Gasteiger partial charge in [0, 0.05) is 20.1 Å². The molecule has 0 aliphatic carbocycles. The molecule has 3 N–H and O–H groups in total. The van der Waals surface area contributed by atoms with Crippen molar-refractivity contribution < 1.29 is 24.2 Å². The number of likely N-dealkylation sites (N-methyl/N-ethyl adjacent to an activating group) is 1. The number of aliphatic carboxylic acids is 1. The minimum absolute atomic E-state index is 0.144. The standard InChI is InChI=1S/C11H19N3O5/c1-7(10(17)12-2)13-11(18)14-3-4-19-8(6-14)5-9(15)16/h7-8H,3-6H2,1-2H3,(H,12,17)(H,13,18)(H,15,16). The molecular formula is C11H19N3O5. The van der Waals surface area contributed by atoms with Gasteiger partial charge in [-0.15, -0.1) is 0 Å². The number of amides is 3. The van der Waals surface area contributed by atoms with Gasteiger partial charge in [-0.1, -0.05) is 0 Å². The van der Waals surface area contributed by atoms with Crippen LogP contribution in [0.2, 0.25) is 0 Å². The lowest BCUT2D eigenvalue weighted by Crippen LogP contribution is -2.54. The zero-order chi connectivity index (χ0) is 14.4. The van der Waals surface area contributed by atoms with Crippen LogP contribution in [-0.2, 0) is 14.3 Å². The predicted molar refractivity (Wildman–Crippen MR) is 65.6 cm³/mol. The summed E-state index contributed by atoms with van der Waals surface area (Å²) in [4.78, 5) is 35.2. The predicted octanol–water partition coefficient (Wildman–Crippen LogP) is -0.994. The molecule has 0 radical (unpaired) electrons. The molecule has 1 aliphatic heterocycles. The van der Waals surface area contributed by atoms with Crippen LogP contribution in [0.5, 0.6) is 0 Å². The molecule has 2 atom stereocenters. The maximum atomic E-state index is 11.9. The molecule has 0 aromatic carbocycles. The fraction of sp³-hybridized carbons (Fsp3) is 0.727. The topological polar surface area (TPSA) is 108 Å². The van der Waals surface area contributed by atoms with Crippen LogP contribution in [0, 0.1) is 0 Å². The first-order valence-electron chi connectivity index (χ1n) is 6.04. The summed E-state index contributed by atoms with van der Waals surface area (Å²) in [6, 6.07) is -1.03. The number of hydrogen-bond donors (Lipinski definition) is 3. The number of ether oxygens (including phenoxy) is 1. The molecule has 1 aliphatic rings. The molecule has 1 saturated heterocycles. The van der Waals surface area contributed by atoms with Gasteiger partial charge >= 0.3 is 12.0 Å². The van der Waals surface area contributed by atoms with Gasteiger partial charge in [-0.05, 0) is 6.92 Å². The Bertz CT molecular complexity index is 360. The molecule has 8 heteroatoms. The Balaban J connectivity index is 2.48. The van der Waals surface area contributed by atoms with Crippen LogP contribution in [0.1, 0.15) is 13.3 Å². The van der Waals surface area contributed by atoms with Crippen molar-refractivity contribution in [2.75, 3.05) is 26.7 Å². The fourth-order valence-electron chi connectivity index (χ4n) is 1.78. The molecule has 19 heavy (non-hydrogen) atoms. The molecular weight excluding hydrogens is 254 g/mol. The zero-order valence-corrected chi connectivity index (χ0v) is 11.0. The monoisotopic (exact) mass is 273 g/mol. The minimum atomic E-state index is -0.967. The number of carboxylic acid groups (broad SMARTS) is 1. The van der Waals surface area contributed by atoms with E-state index in [9.17, 15) is 14.4 Å². The summed E-state index contributed by atoms with van der Waals surface area (Å²) in [5.41, 5.74) is 0. The lowest BCUT2D eigenvalue weighted by Gasteiger charge is -2.32. The summed E-state index contributed by atoms with van der Waals surface area (Å²) >= 11 is 0. The summed E-state index contributed by atoms with van der Waals surface area (Å²) in [5, 5.41) is 13.7. The number of carbonyl (C=O) groups is 3. The summed E-state index contributed by atoms with van der Waals surface area (Å²) in [6.45, 7) is 2.45. The van der Waals surface area contributed by atoms with Crippen molar-refractivity contribution >= 4 is 17.9 Å². The normalized spacial score (nSPS) is 20.5. The van der Waals surface area contributed by atoms with Crippen molar-refractivity contribution in [3.8, 4) is 0 Å². The summed E-state index contributed by atoms with van der Waals surface area (Å²) in [6.07, 6.45) is -0.651. The van der Waals surface area contributed by atoms with Crippen LogP contribution in [-0.4, -0.2) is 66.8 Å². The Morgan fingerprint density at radius 1 is 1.47 bits per heavy atom. The molecule has 1 rings (SSSR count). The van der Waals surface area contributed by atoms with Crippen LogP contribution in [0.25, 0.3) is 0 Å². The van der Waals surface area contributed by atoms with Gasteiger partial charge in [-0.2, -0.15) is 0 Å². The van der Waals surface area contributed by atoms with Gasteiger partial charge in [0.05, 0.1) is 19.1 Å². The van der Waals surface area contributed by atoms with E-state index in [1.165, 1.54) is 11.9 Å². The maximum absolute atomic E-state index is 11.9. The highest BCUT2D eigenvalue weighted by Crippen LogP contribution is 2.09. The molecule has 3 amide bonds. The quantitative estimate of drug-likeness (QED) is 0.609. The third kappa shape index (κ3) is 4.74. The molecule has 0 bridgehead atoms. The van der Waals surface area contributed by atoms with E-state index in [1.54, 1.807) is 6.92 Å². The van der Waals surface area contributed by atoms with E-state index in [0.29, 0.717) is 13.2 Å². The lowest BCUT2D eigenvalue weighted by molar-refractivity contribution is -0.141. The summed E-state index contributed by atoms with van der Waals surface area (Å²) < 4.78 is 5.26. The van der Waals surface area contributed by atoms with E-state index >= 15 is 0 Å². The number of urea groups is 1. The van der Waals surface area contributed by atoms with Crippen LogP contribution >= 0.6 is 0 Å². The molecule has 0 saturated carbocycles. The van der Waals surface area contributed by atoms with E-state index in [-0.39, 0.29) is 18.9 Å². The molecule has 0 aromatic rings. The SMILES string of the molecule is CNC(=O)C(C)NC(=O)N1CCOC(CC(=O)O)C1. The van der Waals surface area contributed by atoms with Crippen molar-refractivity contribution in [1.29, 1.82) is 0 Å². The van der Waals surface area contributed by atoms with Crippen LogP contribution in [0.3, 0.4) is 0 Å². The van der Waals surface area contributed by atoms with Gasteiger partial charge in [-0.25, -0.2) is 4.79 Å². The average molecular weight is 273 g/mol. The van der Waals surface area contributed by atoms with E-state index in [2.05, 4.69) is 10.6 Å². The molecule has 8 nitrogen and oxygen atoms in total. The van der Waals surface area contributed by atoms with Crippen LogP contribution in [0.4, 0.5) is 4.79 Å². The second kappa shape index (κ2) is 6.93. The van der Waals surface area contributed by atoms with E-state index < -0.39 is 24.1 Å². The summed E-state index contributed by atoms with van der Waals surface area (Å²) in [7, 11) is 1.49. The van der Waals surface area contributed by atoms with E-state index in [4.69, 9.17) is 9.84 Å². The van der Waals surface area contributed by atoms with Crippen LogP contribution in [0.15, 0.2) is 0 Å².